The summed E-state index contributed by atoms with van der Waals surface area (Å²) in [4.78, 5) is 13.9. The Morgan fingerprint density at radius 3 is 2.37 bits per heavy atom. The molecule has 1 amide bonds. The average Bonchev–Trinajstić information content (AvgIpc) is 2.42. The lowest BCUT2D eigenvalue weighted by molar-refractivity contribution is -0.135. The number of likely N-dealkylation sites (tertiary alicyclic amines) is 1. The van der Waals surface area contributed by atoms with Crippen molar-refractivity contribution in [2.24, 2.45) is 5.92 Å². The number of unbranched alkanes of at least 4 members (excludes halogenated alkanes) is 4. The first-order valence-corrected chi connectivity index (χ1v) is 8.17. The number of carbonyl (C=O) groups excluding carboxylic acids is 1. The van der Waals surface area contributed by atoms with E-state index in [0.717, 1.165) is 32.5 Å². The van der Waals surface area contributed by atoms with Gasteiger partial charge in [-0.2, -0.15) is 0 Å². The molecule has 3 nitrogen and oxygen atoms in total. The lowest BCUT2D eigenvalue weighted by Crippen LogP contribution is -2.46. The summed E-state index contributed by atoms with van der Waals surface area (Å²) in [5.74, 6) is 0.459. The van der Waals surface area contributed by atoms with Crippen molar-refractivity contribution in [1.82, 2.24) is 10.2 Å². The van der Waals surface area contributed by atoms with Crippen LogP contribution in [0, 0.1) is 5.92 Å². The molecule has 0 unspecified atom stereocenters. The van der Waals surface area contributed by atoms with E-state index < -0.39 is 0 Å². The quantitative estimate of drug-likeness (QED) is 0.686. The van der Waals surface area contributed by atoms with E-state index in [4.69, 9.17) is 0 Å². The summed E-state index contributed by atoms with van der Waals surface area (Å²) in [5.41, 5.74) is 0. The molecule has 1 N–H and O–H groups in total. The molecule has 0 aromatic carbocycles. The van der Waals surface area contributed by atoms with Crippen molar-refractivity contribution in [2.75, 3.05) is 19.6 Å². The van der Waals surface area contributed by atoms with Gasteiger partial charge in [-0.15, -0.1) is 0 Å². The van der Waals surface area contributed by atoms with Gasteiger partial charge in [0, 0.05) is 25.0 Å². The smallest absolute Gasteiger partial charge is 0.225 e. The van der Waals surface area contributed by atoms with Crippen molar-refractivity contribution in [3.63, 3.8) is 0 Å². The summed E-state index contributed by atoms with van der Waals surface area (Å²) in [6.07, 6.45) is 8.95. The highest BCUT2D eigenvalue weighted by Gasteiger charge is 2.23. The van der Waals surface area contributed by atoms with Crippen LogP contribution in [-0.4, -0.2) is 36.5 Å². The monoisotopic (exact) mass is 268 g/mol. The normalized spacial score (nSPS) is 17.2. The Balaban J connectivity index is 2.05. The van der Waals surface area contributed by atoms with Gasteiger partial charge < -0.3 is 10.2 Å². The van der Waals surface area contributed by atoms with E-state index in [1.54, 1.807) is 0 Å². The van der Waals surface area contributed by atoms with Gasteiger partial charge >= 0.3 is 0 Å². The number of hydrogen-bond donors (Lipinski definition) is 1. The largest absolute Gasteiger partial charge is 0.342 e. The summed E-state index contributed by atoms with van der Waals surface area (Å²) >= 11 is 0. The van der Waals surface area contributed by atoms with Crippen molar-refractivity contribution in [3.8, 4) is 0 Å². The van der Waals surface area contributed by atoms with Crippen LogP contribution in [0.3, 0.4) is 0 Å². The molecule has 0 radical (unpaired) electrons. The minimum atomic E-state index is 0.142. The van der Waals surface area contributed by atoms with Crippen LogP contribution in [0.1, 0.15) is 65.7 Å². The molecule has 0 saturated carbocycles. The maximum atomic E-state index is 11.9. The predicted molar refractivity (Wildman–Crippen MR) is 81.2 cm³/mol. The van der Waals surface area contributed by atoms with Crippen LogP contribution < -0.4 is 5.32 Å². The number of nitrogens with zero attached hydrogens (tertiary/aromatic N) is 1. The molecule has 0 atom stereocenters. The summed E-state index contributed by atoms with van der Waals surface area (Å²) in [7, 11) is 0. The van der Waals surface area contributed by atoms with Crippen LogP contribution in [0.2, 0.25) is 0 Å². The molecule has 0 aromatic rings. The maximum Gasteiger partial charge on any atom is 0.225 e. The van der Waals surface area contributed by atoms with E-state index >= 15 is 0 Å². The first-order chi connectivity index (χ1) is 9.15. The molecule has 0 spiro atoms. The lowest BCUT2D eigenvalue weighted by Gasteiger charge is -2.33. The van der Waals surface area contributed by atoms with E-state index in [-0.39, 0.29) is 5.92 Å². The summed E-state index contributed by atoms with van der Waals surface area (Å²) in [5, 5.41) is 3.65. The van der Waals surface area contributed by atoms with Gasteiger partial charge in [-0.25, -0.2) is 0 Å². The van der Waals surface area contributed by atoms with Gasteiger partial charge in [-0.1, -0.05) is 46.5 Å². The number of hydrogen-bond acceptors (Lipinski definition) is 2. The third kappa shape index (κ3) is 6.42. The molecule has 3 heteroatoms. The van der Waals surface area contributed by atoms with Gasteiger partial charge in [-0.05, 0) is 25.8 Å². The zero-order valence-electron chi connectivity index (χ0n) is 13.1. The van der Waals surface area contributed by atoms with Crippen LogP contribution >= 0.6 is 0 Å². The molecule has 1 heterocycles. The fraction of sp³-hybridized carbons (Fsp3) is 0.938. The number of amides is 1. The fourth-order valence-corrected chi connectivity index (χ4v) is 2.70. The molecule has 0 aliphatic carbocycles. The van der Waals surface area contributed by atoms with Crippen LogP contribution in [0.5, 0.6) is 0 Å². The molecule has 1 aliphatic heterocycles. The summed E-state index contributed by atoms with van der Waals surface area (Å²) < 4.78 is 0. The molecular formula is C16H32N2O. The molecule has 0 aromatic heterocycles. The highest BCUT2D eigenvalue weighted by molar-refractivity contribution is 5.78. The van der Waals surface area contributed by atoms with Gasteiger partial charge in [0.15, 0.2) is 0 Å². The summed E-state index contributed by atoms with van der Waals surface area (Å²) in [6, 6.07) is 0.627. The Morgan fingerprint density at radius 1 is 1.16 bits per heavy atom. The Bertz CT molecular complexity index is 245. The van der Waals surface area contributed by atoms with Crippen LogP contribution in [0.15, 0.2) is 0 Å². The fourth-order valence-electron chi connectivity index (χ4n) is 2.70. The van der Waals surface area contributed by atoms with Gasteiger partial charge in [-0.3, -0.25) is 4.79 Å². The number of piperidine rings is 1. The van der Waals surface area contributed by atoms with Crippen LogP contribution in [0.4, 0.5) is 0 Å². The maximum absolute atomic E-state index is 11.9. The van der Waals surface area contributed by atoms with Gasteiger partial charge in [0.2, 0.25) is 5.91 Å². The lowest BCUT2D eigenvalue weighted by atomic mass is 10.0. The molecule has 1 fully saturated rings. The summed E-state index contributed by atoms with van der Waals surface area (Å²) in [6.45, 7) is 9.25. The van der Waals surface area contributed by atoms with E-state index in [2.05, 4.69) is 12.2 Å². The zero-order chi connectivity index (χ0) is 14.1. The van der Waals surface area contributed by atoms with Crippen molar-refractivity contribution < 1.29 is 4.79 Å². The molecule has 1 aliphatic rings. The number of nitrogens with one attached hydrogen (secondary N) is 1. The molecule has 0 bridgehead atoms. The van der Waals surface area contributed by atoms with Crippen molar-refractivity contribution in [3.05, 3.63) is 0 Å². The Hall–Kier alpha value is -0.570. The topological polar surface area (TPSA) is 32.3 Å². The molecular weight excluding hydrogens is 236 g/mol. The van der Waals surface area contributed by atoms with E-state index in [1.807, 2.05) is 18.7 Å². The highest BCUT2D eigenvalue weighted by atomic mass is 16.2. The van der Waals surface area contributed by atoms with Crippen molar-refractivity contribution in [2.45, 2.75) is 71.8 Å². The Labute approximate surface area is 119 Å². The van der Waals surface area contributed by atoms with E-state index in [9.17, 15) is 4.79 Å². The van der Waals surface area contributed by atoms with Gasteiger partial charge in [0.1, 0.15) is 0 Å². The molecule has 1 saturated heterocycles. The van der Waals surface area contributed by atoms with Crippen LogP contribution in [-0.2, 0) is 4.79 Å². The van der Waals surface area contributed by atoms with Gasteiger partial charge in [0.25, 0.3) is 0 Å². The number of carbonyl (C=O) groups is 1. The average molecular weight is 268 g/mol. The predicted octanol–water partition coefficient (Wildman–Crippen LogP) is 3.19. The SMILES string of the molecule is CCCCCCCNC1CCN(C(=O)C(C)C)CC1. The second-order valence-electron chi connectivity index (χ2n) is 6.12. The first kappa shape index (κ1) is 16.5. The zero-order valence-corrected chi connectivity index (χ0v) is 13.1. The van der Waals surface area contributed by atoms with E-state index in [0.29, 0.717) is 11.9 Å². The molecule has 1 rings (SSSR count). The third-order valence-corrected chi connectivity index (χ3v) is 4.01. The van der Waals surface area contributed by atoms with Gasteiger partial charge in [0.05, 0.1) is 0 Å². The number of rotatable bonds is 8. The van der Waals surface area contributed by atoms with E-state index in [1.165, 1.54) is 32.1 Å². The molecule has 19 heavy (non-hydrogen) atoms. The second-order valence-corrected chi connectivity index (χ2v) is 6.12. The van der Waals surface area contributed by atoms with Crippen molar-refractivity contribution in [1.29, 1.82) is 0 Å². The van der Waals surface area contributed by atoms with Crippen molar-refractivity contribution >= 4 is 5.91 Å². The Kier molecular flexibility index (Phi) is 8.11. The second kappa shape index (κ2) is 9.35. The Morgan fingerprint density at radius 2 is 1.79 bits per heavy atom. The third-order valence-electron chi connectivity index (χ3n) is 4.01. The standard InChI is InChI=1S/C16H32N2O/c1-4-5-6-7-8-11-17-15-9-12-18(13-10-15)16(19)14(2)3/h14-15,17H,4-13H2,1-3H3. The molecule has 112 valence electrons. The first-order valence-electron chi connectivity index (χ1n) is 8.17. The minimum Gasteiger partial charge on any atom is -0.342 e. The highest BCUT2D eigenvalue weighted by Crippen LogP contribution is 2.13. The minimum absolute atomic E-state index is 0.142. The van der Waals surface area contributed by atoms with Crippen LogP contribution in [0.25, 0.3) is 0 Å².